The fraction of sp³-hybridized carbons (Fsp3) is 0.262. The molecule has 4 aromatic carbocycles. The number of hydrogen-bond donors (Lipinski definition) is 1. The summed E-state index contributed by atoms with van der Waals surface area (Å²) in [7, 11) is 0. The zero-order valence-corrected chi connectivity index (χ0v) is 30.5. The molecule has 0 saturated carbocycles. The number of ketones is 1. The topological polar surface area (TPSA) is 123 Å². The molecule has 2 aliphatic rings. The minimum atomic E-state index is -3.20. The molecule has 2 amide bonds. The minimum absolute atomic E-state index is 0.0986. The number of hydrogen-bond acceptors (Lipinski definition) is 8. The van der Waals surface area contributed by atoms with E-state index in [4.69, 9.17) is 14.2 Å². The molecule has 3 atom stereocenters. The van der Waals surface area contributed by atoms with Crippen LogP contribution in [0.3, 0.4) is 0 Å². The van der Waals surface area contributed by atoms with Gasteiger partial charge in [0.05, 0.1) is 31.3 Å². The highest BCUT2D eigenvalue weighted by Crippen LogP contribution is 2.50. The van der Waals surface area contributed by atoms with Crippen molar-refractivity contribution in [3.05, 3.63) is 133 Å². The van der Waals surface area contributed by atoms with Crippen LogP contribution in [0.5, 0.6) is 5.75 Å². The van der Waals surface area contributed by atoms with E-state index in [1.54, 1.807) is 29.2 Å². The molecule has 0 aromatic heterocycles. The third kappa shape index (κ3) is 7.76. The average Bonchev–Trinajstić information content (AvgIpc) is 3.20. The van der Waals surface area contributed by atoms with Gasteiger partial charge >= 0.3 is 5.97 Å². The van der Waals surface area contributed by atoms with Gasteiger partial charge in [-0.2, -0.15) is 0 Å². The van der Waals surface area contributed by atoms with Crippen LogP contribution >= 0.6 is 6.89 Å². The van der Waals surface area contributed by atoms with Crippen molar-refractivity contribution in [2.24, 2.45) is 5.92 Å². The molecule has 2 saturated heterocycles. The summed E-state index contributed by atoms with van der Waals surface area (Å²) in [4.78, 5) is 58.6. The molecule has 6 rings (SSSR count). The van der Waals surface area contributed by atoms with Gasteiger partial charge in [-0.05, 0) is 47.1 Å². The van der Waals surface area contributed by atoms with Crippen LogP contribution in [0.4, 0.5) is 0 Å². The molecule has 4 aromatic rings. The van der Waals surface area contributed by atoms with Gasteiger partial charge in [-0.1, -0.05) is 104 Å². The Bertz CT molecular complexity index is 1870. The van der Waals surface area contributed by atoms with Gasteiger partial charge in [0.25, 0.3) is 5.91 Å². The summed E-state index contributed by atoms with van der Waals surface area (Å²) in [5, 5.41) is 13.3. The number of β-lactam (4-membered cyclic amide) rings is 1. The van der Waals surface area contributed by atoms with Gasteiger partial charge in [0, 0.05) is 32.0 Å². The van der Waals surface area contributed by atoms with Crippen LogP contribution in [0.2, 0.25) is 0 Å². The monoisotopic (exact) mass is 734 g/mol. The number of aliphatic hydroxyl groups is 1. The third-order valence-electron chi connectivity index (χ3n) is 9.58. The third-order valence-corrected chi connectivity index (χ3v) is 13.8. The van der Waals surface area contributed by atoms with Crippen LogP contribution in [0.25, 0.3) is 0 Å². The Balaban J connectivity index is 1.42. The second-order valence-electron chi connectivity index (χ2n) is 12.9. The predicted octanol–water partition coefficient (Wildman–Crippen LogP) is 3.56. The zero-order chi connectivity index (χ0) is 37.4. The molecule has 2 aliphatic heterocycles. The number of aliphatic hydroxyl groups excluding tert-OH is 1. The van der Waals surface area contributed by atoms with Crippen LogP contribution in [0.15, 0.2) is 128 Å². The molecule has 2 heterocycles. The van der Waals surface area contributed by atoms with E-state index in [1.807, 2.05) is 91.0 Å². The van der Waals surface area contributed by atoms with Crippen molar-refractivity contribution < 1.29 is 38.5 Å². The number of ether oxygens (including phenoxy) is 3. The van der Waals surface area contributed by atoms with Gasteiger partial charge in [0.15, 0.2) is 12.4 Å². The standard InChI is InChI=1S/C42H43N2O8P/c1-3-25-51-42(49)41(53(33-13-7-4-8-14-33,34-15-9-5-10-16-34)35-17-11-6-12-18-35)44-36(39(30(2)45)40(44)48)28-37(46)31-19-21-32(22-20-31)52-29-38(47)43-23-26-50-27-24-43/h3-22,30,36,39,45H,1,23-29H2,2H3/t30-,36-,39-/m1/s1. The van der Waals surface area contributed by atoms with Crippen LogP contribution in [0.1, 0.15) is 23.7 Å². The van der Waals surface area contributed by atoms with Crippen LogP contribution < -0.4 is 20.7 Å². The van der Waals surface area contributed by atoms with Gasteiger partial charge < -0.3 is 29.1 Å². The fourth-order valence-corrected chi connectivity index (χ4v) is 11.4. The van der Waals surface area contributed by atoms with Crippen molar-refractivity contribution in [1.82, 2.24) is 9.80 Å². The van der Waals surface area contributed by atoms with Crippen molar-refractivity contribution in [1.29, 1.82) is 0 Å². The highest BCUT2D eigenvalue weighted by molar-refractivity contribution is 7.96. The van der Waals surface area contributed by atoms with Crippen LogP contribution in [-0.4, -0.2) is 95.6 Å². The second kappa shape index (κ2) is 17.0. The zero-order valence-electron chi connectivity index (χ0n) is 29.6. The van der Waals surface area contributed by atoms with E-state index in [2.05, 4.69) is 6.58 Å². The van der Waals surface area contributed by atoms with E-state index in [0.717, 1.165) is 15.9 Å². The Hall–Kier alpha value is -5.28. The molecule has 53 heavy (non-hydrogen) atoms. The van der Waals surface area contributed by atoms with Gasteiger partial charge in [-0.15, -0.1) is 0 Å². The largest absolute Gasteiger partial charge is 0.484 e. The van der Waals surface area contributed by atoms with Crippen molar-refractivity contribution in [3.8, 4) is 5.75 Å². The second-order valence-corrected chi connectivity index (χ2v) is 16.2. The smallest absolute Gasteiger partial charge is 0.356 e. The lowest BCUT2D eigenvalue weighted by Gasteiger charge is -2.50. The van der Waals surface area contributed by atoms with Gasteiger partial charge in [-0.3, -0.25) is 14.4 Å². The van der Waals surface area contributed by atoms with Gasteiger partial charge in [0.2, 0.25) is 5.91 Å². The molecule has 0 aliphatic carbocycles. The molecular formula is C42H43N2O8P. The number of nitrogens with zero attached hydrogens (tertiary/aromatic N) is 2. The quantitative estimate of drug-likeness (QED) is 0.0687. The lowest BCUT2D eigenvalue weighted by Crippen LogP contribution is -2.68. The molecule has 0 bridgehead atoms. The summed E-state index contributed by atoms with van der Waals surface area (Å²) in [5.74, 6) is -2.14. The molecule has 0 unspecified atom stereocenters. The van der Waals surface area contributed by atoms with Gasteiger partial charge in [0.1, 0.15) is 17.8 Å². The van der Waals surface area contributed by atoms with E-state index >= 15 is 0 Å². The first-order valence-corrected chi connectivity index (χ1v) is 19.4. The summed E-state index contributed by atoms with van der Waals surface area (Å²) >= 11 is 0. The number of morpholine rings is 1. The summed E-state index contributed by atoms with van der Waals surface area (Å²) in [6.07, 6.45) is 0.194. The Morgan fingerprint density at radius 1 is 0.868 bits per heavy atom. The molecule has 10 nitrogen and oxygen atoms in total. The van der Waals surface area contributed by atoms with Crippen molar-refractivity contribution in [2.75, 3.05) is 39.5 Å². The maximum Gasteiger partial charge on any atom is 0.356 e. The molecule has 1 N–H and O–H groups in total. The summed E-state index contributed by atoms with van der Waals surface area (Å²) < 4.78 is 16.8. The Morgan fingerprint density at radius 3 is 1.89 bits per heavy atom. The van der Waals surface area contributed by atoms with E-state index < -0.39 is 36.8 Å². The highest BCUT2D eigenvalue weighted by atomic mass is 31.2. The molecular weight excluding hydrogens is 691 g/mol. The first-order valence-electron chi connectivity index (χ1n) is 17.6. The minimum Gasteiger partial charge on any atom is -0.484 e. The summed E-state index contributed by atoms with van der Waals surface area (Å²) in [6, 6.07) is 34.3. The highest BCUT2D eigenvalue weighted by Gasteiger charge is 2.55. The SMILES string of the molecule is C=CCOC(=O)C(N1C(=O)[C@H]([C@@H](C)O)[C@H]1CC(=O)c1ccc(OCC(=O)N2CCOCC2)cc1)=P(c1ccccc1)(c1ccccc1)c1ccccc1. The van der Waals surface area contributed by atoms with Crippen LogP contribution in [0, 0.1) is 5.92 Å². The van der Waals surface area contributed by atoms with Crippen molar-refractivity contribution >= 4 is 51.8 Å². The van der Waals surface area contributed by atoms with Crippen molar-refractivity contribution in [2.45, 2.75) is 25.5 Å². The van der Waals surface area contributed by atoms with E-state index in [1.165, 1.54) is 17.9 Å². The number of benzene rings is 4. The Kier molecular flexibility index (Phi) is 12.0. The summed E-state index contributed by atoms with van der Waals surface area (Å²) in [5.41, 5.74) is 0.475. The number of carbonyl (C=O) groups excluding carboxylic acids is 4. The maximum atomic E-state index is 14.6. The van der Waals surface area contributed by atoms with Gasteiger partial charge in [-0.25, -0.2) is 4.79 Å². The number of esters is 1. The predicted molar refractivity (Wildman–Crippen MR) is 205 cm³/mol. The maximum absolute atomic E-state index is 14.6. The Labute approximate surface area is 309 Å². The first kappa shape index (κ1) is 37.5. The van der Waals surface area contributed by atoms with Crippen LogP contribution in [-0.2, 0) is 23.9 Å². The molecule has 0 radical (unpaired) electrons. The average molecular weight is 735 g/mol. The molecule has 274 valence electrons. The van der Waals surface area contributed by atoms with E-state index in [-0.39, 0.29) is 36.7 Å². The number of amides is 2. The first-order chi connectivity index (χ1) is 25.8. The van der Waals surface area contributed by atoms with E-state index in [9.17, 15) is 24.3 Å². The number of Topliss-reactive ketones (excluding diaryl/α,β-unsaturated/α-hetero) is 1. The number of rotatable bonds is 14. The molecule has 0 spiro atoms. The lowest BCUT2D eigenvalue weighted by molar-refractivity contribution is -0.157. The Morgan fingerprint density at radius 2 is 1.40 bits per heavy atom. The summed E-state index contributed by atoms with van der Waals surface area (Å²) in [6.45, 7) is 3.82. The molecule has 2 fully saturated rings. The van der Waals surface area contributed by atoms with Crippen molar-refractivity contribution in [3.63, 3.8) is 0 Å². The van der Waals surface area contributed by atoms with E-state index in [0.29, 0.717) is 37.6 Å². The normalized spacial score (nSPS) is 17.7. The fourth-order valence-electron chi connectivity index (χ4n) is 7.03. The lowest BCUT2D eigenvalue weighted by atomic mass is 9.79. The molecule has 11 heteroatoms. The number of carbonyl (C=O) groups is 4. The number of likely N-dealkylation sites (tertiary alicyclic amines) is 1.